The van der Waals surface area contributed by atoms with Crippen LogP contribution in [0.3, 0.4) is 0 Å². The van der Waals surface area contributed by atoms with E-state index in [9.17, 15) is 8.78 Å². The molecule has 1 aliphatic rings. The number of hydrogen-bond donors (Lipinski definition) is 1. The van der Waals surface area contributed by atoms with Gasteiger partial charge in [-0.15, -0.1) is 21.9 Å². The maximum absolute atomic E-state index is 12.3. The third-order valence-corrected chi connectivity index (χ3v) is 1.31. The van der Waals surface area contributed by atoms with Crippen LogP contribution < -0.4 is 15.2 Å². The van der Waals surface area contributed by atoms with Crippen LogP contribution in [0.2, 0.25) is 0 Å². The summed E-state index contributed by atoms with van der Waals surface area (Å²) in [5.74, 6) is 0.162. The van der Waals surface area contributed by atoms with Gasteiger partial charge in [0.05, 0.1) is 0 Å². The molecule has 0 bridgehead atoms. The Morgan fingerprint density at radius 2 is 1.40 bits per heavy atom. The molecule has 0 saturated heterocycles. The number of ether oxygens (including phenoxy) is 2. The van der Waals surface area contributed by atoms with Gasteiger partial charge in [0.25, 0.3) is 0 Å². The fraction of sp³-hybridized carbons (Fsp3) is 0.200. The molecule has 0 amide bonds. The van der Waals surface area contributed by atoms with Crippen molar-refractivity contribution < 1.29 is 18.3 Å². The van der Waals surface area contributed by atoms with Gasteiger partial charge >= 0.3 is 6.29 Å². The Hall–Kier alpha value is -1.62. The fourth-order valence-electron chi connectivity index (χ4n) is 0.896. The van der Waals surface area contributed by atoms with Crippen LogP contribution in [0.25, 0.3) is 0 Å². The van der Waals surface area contributed by atoms with Crippen molar-refractivity contribution in [2.75, 3.05) is 7.05 Å². The monoisotopic (exact) mass is 217 g/mol. The van der Waals surface area contributed by atoms with Crippen molar-refractivity contribution in [3.63, 3.8) is 0 Å². The summed E-state index contributed by atoms with van der Waals surface area (Å²) in [6, 6.07) is 6.06. The molecular weight excluding hydrogens is 204 g/mol. The average Bonchev–Trinajstić information content (AvgIpc) is 2.57. The van der Waals surface area contributed by atoms with E-state index < -0.39 is 6.29 Å². The molecule has 0 fully saturated rings. The summed E-state index contributed by atoms with van der Waals surface area (Å²) in [7, 11) is 1.50. The van der Waals surface area contributed by atoms with E-state index in [-0.39, 0.29) is 11.5 Å². The molecule has 15 heavy (non-hydrogen) atoms. The Labute approximate surface area is 87.1 Å². The Morgan fingerprint density at radius 3 is 1.73 bits per heavy atom. The van der Waals surface area contributed by atoms with Gasteiger partial charge in [0.1, 0.15) is 0 Å². The van der Waals surface area contributed by atoms with E-state index in [0.29, 0.717) is 0 Å². The first-order valence-corrected chi connectivity index (χ1v) is 4.10. The molecule has 2 rings (SSSR count). The molecule has 0 atom stereocenters. The summed E-state index contributed by atoms with van der Waals surface area (Å²) in [5, 5.41) is 0. The second kappa shape index (κ2) is 5.98. The highest BCUT2D eigenvalue weighted by atomic mass is 19.3. The predicted octanol–water partition coefficient (Wildman–Crippen LogP) is 2.39. The minimum atomic E-state index is -3.50. The molecule has 1 aliphatic heterocycles. The molecule has 1 heterocycles. The Balaban J connectivity index is 0.000000442. The van der Waals surface area contributed by atoms with Crippen LogP contribution in [0.5, 0.6) is 11.5 Å². The summed E-state index contributed by atoms with van der Waals surface area (Å²) in [6.07, 6.45) is -3.50. The normalized spacial score (nSPS) is 14.1. The molecule has 0 unspecified atom stereocenters. The standard InChI is InChI=1S/C7H4F2O2.C2H4.CH5N/c8-7(9)10-5-3-1-2-4-6(5)11-7;2*1-2/h1-4H;1-2H2;2H2,1H3. The fourth-order valence-corrected chi connectivity index (χ4v) is 0.896. The molecule has 0 aliphatic carbocycles. The van der Waals surface area contributed by atoms with Crippen molar-refractivity contribution in [3.8, 4) is 11.5 Å². The molecule has 84 valence electrons. The lowest BCUT2D eigenvalue weighted by Gasteiger charge is -2.04. The van der Waals surface area contributed by atoms with E-state index in [1.807, 2.05) is 0 Å². The smallest absolute Gasteiger partial charge is 0.395 e. The molecule has 0 saturated carbocycles. The van der Waals surface area contributed by atoms with Gasteiger partial charge in [0.15, 0.2) is 11.5 Å². The first kappa shape index (κ1) is 13.4. The predicted molar refractivity (Wildman–Crippen MR) is 54.0 cm³/mol. The Kier molecular flexibility index (Phi) is 5.33. The Bertz CT molecular complexity index is 278. The van der Waals surface area contributed by atoms with Crippen LogP contribution in [-0.2, 0) is 0 Å². The molecule has 2 N–H and O–H groups in total. The second-order valence-corrected chi connectivity index (χ2v) is 2.11. The highest BCUT2D eigenvalue weighted by Crippen LogP contribution is 2.39. The summed E-state index contributed by atoms with van der Waals surface area (Å²) >= 11 is 0. The van der Waals surface area contributed by atoms with E-state index in [1.54, 1.807) is 12.1 Å². The van der Waals surface area contributed by atoms with Gasteiger partial charge in [-0.3, -0.25) is 0 Å². The van der Waals surface area contributed by atoms with E-state index in [0.717, 1.165) is 0 Å². The number of hydrogen-bond acceptors (Lipinski definition) is 3. The van der Waals surface area contributed by atoms with Gasteiger partial charge in [0, 0.05) is 0 Å². The molecular formula is C10H13F2NO2. The summed E-state index contributed by atoms with van der Waals surface area (Å²) in [5.41, 5.74) is 4.50. The van der Waals surface area contributed by atoms with Crippen LogP contribution in [0, 0.1) is 0 Å². The number of halogens is 2. The van der Waals surface area contributed by atoms with Gasteiger partial charge in [-0.25, -0.2) is 0 Å². The van der Waals surface area contributed by atoms with E-state index >= 15 is 0 Å². The highest BCUT2D eigenvalue weighted by Gasteiger charge is 2.42. The van der Waals surface area contributed by atoms with Gasteiger partial charge in [-0.05, 0) is 19.2 Å². The molecule has 1 aromatic carbocycles. The zero-order chi connectivity index (χ0) is 11.9. The number of rotatable bonds is 0. The van der Waals surface area contributed by atoms with Gasteiger partial charge < -0.3 is 15.2 Å². The molecule has 5 heteroatoms. The molecule has 0 radical (unpaired) electrons. The highest BCUT2D eigenvalue weighted by molar-refractivity contribution is 5.41. The number of para-hydroxylation sites is 2. The van der Waals surface area contributed by atoms with Gasteiger partial charge in [-0.1, -0.05) is 12.1 Å². The lowest BCUT2D eigenvalue weighted by Crippen LogP contribution is -2.25. The van der Waals surface area contributed by atoms with Crippen molar-refractivity contribution in [3.05, 3.63) is 37.4 Å². The average molecular weight is 217 g/mol. The number of alkyl halides is 2. The minimum absolute atomic E-state index is 0.0810. The molecule has 1 aromatic rings. The van der Waals surface area contributed by atoms with Crippen molar-refractivity contribution >= 4 is 0 Å². The van der Waals surface area contributed by atoms with E-state index in [2.05, 4.69) is 28.4 Å². The molecule has 0 aromatic heterocycles. The van der Waals surface area contributed by atoms with Crippen LogP contribution >= 0.6 is 0 Å². The first-order chi connectivity index (χ1) is 7.17. The molecule has 0 spiro atoms. The van der Waals surface area contributed by atoms with Crippen molar-refractivity contribution in [1.29, 1.82) is 0 Å². The second-order valence-electron chi connectivity index (χ2n) is 2.11. The van der Waals surface area contributed by atoms with Gasteiger partial charge in [-0.2, -0.15) is 0 Å². The first-order valence-electron chi connectivity index (χ1n) is 4.10. The third-order valence-electron chi connectivity index (χ3n) is 1.31. The minimum Gasteiger partial charge on any atom is -0.395 e. The maximum Gasteiger partial charge on any atom is 0.586 e. The maximum atomic E-state index is 12.3. The third kappa shape index (κ3) is 3.55. The van der Waals surface area contributed by atoms with Crippen LogP contribution in [0.1, 0.15) is 0 Å². The van der Waals surface area contributed by atoms with Crippen molar-refractivity contribution in [2.45, 2.75) is 6.29 Å². The quantitative estimate of drug-likeness (QED) is 0.678. The van der Waals surface area contributed by atoms with Crippen LogP contribution in [0.4, 0.5) is 8.78 Å². The van der Waals surface area contributed by atoms with Crippen LogP contribution in [-0.4, -0.2) is 13.3 Å². The lowest BCUT2D eigenvalue weighted by molar-refractivity contribution is -0.286. The zero-order valence-corrected chi connectivity index (χ0v) is 8.37. The summed E-state index contributed by atoms with van der Waals surface area (Å²) in [6.45, 7) is 6.00. The number of benzene rings is 1. The molecule has 3 nitrogen and oxygen atoms in total. The number of nitrogens with two attached hydrogens (primary N) is 1. The largest absolute Gasteiger partial charge is 0.586 e. The van der Waals surface area contributed by atoms with Crippen LogP contribution in [0.15, 0.2) is 37.4 Å². The SMILES string of the molecule is C=C.CN.FC1(F)Oc2ccccc2O1. The topological polar surface area (TPSA) is 44.5 Å². The van der Waals surface area contributed by atoms with E-state index in [1.165, 1.54) is 19.2 Å². The lowest BCUT2D eigenvalue weighted by atomic mass is 10.3. The Morgan fingerprint density at radius 1 is 1.07 bits per heavy atom. The van der Waals surface area contributed by atoms with Crippen molar-refractivity contribution in [2.24, 2.45) is 5.73 Å². The summed E-state index contributed by atoms with van der Waals surface area (Å²) < 4.78 is 32.9. The van der Waals surface area contributed by atoms with Gasteiger partial charge in [0.2, 0.25) is 0 Å². The zero-order valence-electron chi connectivity index (χ0n) is 8.37. The van der Waals surface area contributed by atoms with Crippen molar-refractivity contribution in [1.82, 2.24) is 0 Å². The summed E-state index contributed by atoms with van der Waals surface area (Å²) in [4.78, 5) is 0. The van der Waals surface area contributed by atoms with E-state index in [4.69, 9.17) is 0 Å². The number of fused-ring (bicyclic) bond motifs is 1.